The average molecular weight is 546 g/mol. The molecule has 3 fully saturated rings. The van der Waals surface area contributed by atoms with Gasteiger partial charge in [-0.3, -0.25) is 14.4 Å². The summed E-state index contributed by atoms with van der Waals surface area (Å²) in [6.07, 6.45) is 5.96. The molecule has 40 heavy (non-hydrogen) atoms. The number of likely N-dealkylation sites (tertiary alicyclic amines) is 1. The number of nitrogens with zero attached hydrogens (tertiary/aromatic N) is 1. The number of fused-ring (bicyclic) bond motifs is 1. The van der Waals surface area contributed by atoms with E-state index in [0.717, 1.165) is 24.8 Å². The number of hydrogen-bond acceptors (Lipinski definition) is 4. The first-order valence-electron chi connectivity index (χ1n) is 14.3. The van der Waals surface area contributed by atoms with Crippen LogP contribution in [0.15, 0.2) is 60.7 Å². The standard InChI is InChI=1S/C32H36FN3O4/c1-18-8-6-11-22(16-18)34-29(37)26-25-14-15-32(40-25)27(26)31(39)36(17-21-10-4-5-12-23(21)33)28(32)30(38)35-24-13-7-9-19(2)20(24)3/h4-6,8,10-12,14-16,19-20,24-28H,7,9,13,17H2,1-3H3,(H,34,37)(H,35,38)/t19-,20+,24+,25+,26-,27+,28+,32+/m0/s1. The minimum absolute atomic E-state index is 0.0277. The lowest BCUT2D eigenvalue weighted by atomic mass is 9.73. The Balaban J connectivity index is 1.34. The number of rotatable bonds is 6. The summed E-state index contributed by atoms with van der Waals surface area (Å²) in [5, 5.41) is 6.18. The molecule has 0 aromatic heterocycles. The van der Waals surface area contributed by atoms with Gasteiger partial charge in [-0.05, 0) is 48.9 Å². The number of carbonyl (C=O) groups is 3. The molecule has 6 rings (SSSR count). The highest BCUT2D eigenvalue weighted by atomic mass is 19.1. The fourth-order valence-electron chi connectivity index (χ4n) is 7.24. The SMILES string of the molecule is Cc1cccc(NC(=O)[C@H]2[C@H]3C=C[C@@]4(O3)[C@H]2C(=O)N(Cc2ccccc2F)[C@@H]4C(=O)N[C@@H]2CCC[C@H](C)[C@H]2C)c1. The van der Waals surface area contributed by atoms with E-state index in [9.17, 15) is 18.8 Å². The Morgan fingerprint density at radius 3 is 2.67 bits per heavy atom. The van der Waals surface area contributed by atoms with E-state index in [-0.39, 0.29) is 36.2 Å². The summed E-state index contributed by atoms with van der Waals surface area (Å²) in [5.41, 5.74) is 0.641. The van der Waals surface area contributed by atoms with Crippen LogP contribution in [0.3, 0.4) is 0 Å². The molecule has 3 heterocycles. The predicted octanol–water partition coefficient (Wildman–Crippen LogP) is 4.36. The van der Waals surface area contributed by atoms with Crippen LogP contribution in [0.2, 0.25) is 0 Å². The van der Waals surface area contributed by atoms with Crippen LogP contribution in [-0.2, 0) is 25.7 Å². The van der Waals surface area contributed by atoms with Gasteiger partial charge in [0.15, 0.2) is 0 Å². The number of hydrogen-bond donors (Lipinski definition) is 2. The van der Waals surface area contributed by atoms with Gasteiger partial charge in [0.2, 0.25) is 17.7 Å². The number of nitrogens with one attached hydrogen (secondary N) is 2. The second-order valence-corrected chi connectivity index (χ2v) is 12.0. The Labute approximate surface area is 234 Å². The summed E-state index contributed by atoms with van der Waals surface area (Å²) in [4.78, 5) is 43.3. The Morgan fingerprint density at radius 2 is 1.90 bits per heavy atom. The third-order valence-corrected chi connectivity index (χ3v) is 9.54. The highest BCUT2D eigenvalue weighted by Gasteiger charge is 2.72. The van der Waals surface area contributed by atoms with E-state index in [2.05, 4.69) is 24.5 Å². The van der Waals surface area contributed by atoms with Gasteiger partial charge in [-0.2, -0.15) is 0 Å². The maximum Gasteiger partial charge on any atom is 0.246 e. The Hall–Kier alpha value is -3.52. The molecule has 210 valence electrons. The number of aryl methyl sites for hydroxylation is 1. The fraction of sp³-hybridized carbons (Fsp3) is 0.469. The largest absolute Gasteiger partial charge is 0.359 e. The van der Waals surface area contributed by atoms with Gasteiger partial charge in [0.25, 0.3) is 0 Å². The molecule has 1 saturated carbocycles. The van der Waals surface area contributed by atoms with Crippen LogP contribution in [0, 0.1) is 36.4 Å². The van der Waals surface area contributed by atoms with E-state index in [0.29, 0.717) is 17.2 Å². The second-order valence-electron chi connectivity index (χ2n) is 12.0. The first-order chi connectivity index (χ1) is 19.2. The topological polar surface area (TPSA) is 87.7 Å². The van der Waals surface area contributed by atoms with E-state index >= 15 is 0 Å². The zero-order valence-electron chi connectivity index (χ0n) is 23.1. The van der Waals surface area contributed by atoms with Crippen molar-refractivity contribution in [3.8, 4) is 0 Å². The van der Waals surface area contributed by atoms with Crippen molar-refractivity contribution in [2.24, 2.45) is 23.7 Å². The van der Waals surface area contributed by atoms with Crippen LogP contribution in [0.1, 0.15) is 44.2 Å². The van der Waals surface area contributed by atoms with E-state index < -0.39 is 35.4 Å². The van der Waals surface area contributed by atoms with Crippen LogP contribution >= 0.6 is 0 Å². The number of halogens is 1. The van der Waals surface area contributed by atoms with Gasteiger partial charge in [0, 0.05) is 23.8 Å². The van der Waals surface area contributed by atoms with Crippen molar-refractivity contribution in [2.45, 2.75) is 70.4 Å². The molecular formula is C32H36FN3O4. The van der Waals surface area contributed by atoms with Gasteiger partial charge in [-0.25, -0.2) is 4.39 Å². The summed E-state index contributed by atoms with van der Waals surface area (Å²) in [6.45, 7) is 6.19. The third-order valence-electron chi connectivity index (χ3n) is 9.54. The molecule has 0 unspecified atom stereocenters. The first kappa shape index (κ1) is 26.7. The number of anilines is 1. The molecule has 7 nitrogen and oxygen atoms in total. The van der Waals surface area contributed by atoms with Crippen LogP contribution in [0.25, 0.3) is 0 Å². The minimum atomic E-state index is -1.30. The van der Waals surface area contributed by atoms with Gasteiger partial charge in [-0.15, -0.1) is 0 Å². The number of ether oxygens (including phenoxy) is 1. The number of carbonyl (C=O) groups excluding carboxylic acids is 3. The van der Waals surface area contributed by atoms with Crippen LogP contribution < -0.4 is 10.6 Å². The first-order valence-corrected chi connectivity index (χ1v) is 14.3. The maximum atomic E-state index is 14.8. The molecule has 2 N–H and O–H groups in total. The number of amides is 3. The lowest BCUT2D eigenvalue weighted by Crippen LogP contribution is -2.57. The Kier molecular flexibility index (Phi) is 6.77. The van der Waals surface area contributed by atoms with Crippen molar-refractivity contribution in [1.82, 2.24) is 10.2 Å². The molecule has 0 radical (unpaired) electrons. The lowest BCUT2D eigenvalue weighted by molar-refractivity contribution is -0.142. The van der Waals surface area contributed by atoms with Gasteiger partial charge in [0.05, 0.1) is 17.9 Å². The van der Waals surface area contributed by atoms with Crippen LogP contribution in [0.4, 0.5) is 10.1 Å². The molecule has 2 aromatic carbocycles. The molecule has 1 spiro atoms. The van der Waals surface area contributed by atoms with Crippen molar-refractivity contribution in [1.29, 1.82) is 0 Å². The quantitative estimate of drug-likeness (QED) is 0.528. The van der Waals surface area contributed by atoms with Crippen molar-refractivity contribution in [3.63, 3.8) is 0 Å². The van der Waals surface area contributed by atoms with Crippen molar-refractivity contribution in [2.75, 3.05) is 5.32 Å². The molecule has 2 saturated heterocycles. The highest BCUT2D eigenvalue weighted by Crippen LogP contribution is 2.55. The molecule has 4 aliphatic rings. The van der Waals surface area contributed by atoms with Crippen LogP contribution in [0.5, 0.6) is 0 Å². The van der Waals surface area contributed by atoms with E-state index in [4.69, 9.17) is 4.74 Å². The Morgan fingerprint density at radius 1 is 1.10 bits per heavy atom. The van der Waals surface area contributed by atoms with Gasteiger partial charge >= 0.3 is 0 Å². The molecular weight excluding hydrogens is 509 g/mol. The molecule has 2 bridgehead atoms. The van der Waals surface area contributed by atoms with Crippen molar-refractivity contribution in [3.05, 3.63) is 77.6 Å². The zero-order valence-corrected chi connectivity index (χ0v) is 23.1. The van der Waals surface area contributed by atoms with Crippen molar-refractivity contribution < 1.29 is 23.5 Å². The van der Waals surface area contributed by atoms with Gasteiger partial charge in [0.1, 0.15) is 17.5 Å². The average Bonchev–Trinajstić information content (AvgIpc) is 3.55. The Bertz CT molecular complexity index is 1380. The predicted molar refractivity (Wildman–Crippen MR) is 148 cm³/mol. The summed E-state index contributed by atoms with van der Waals surface area (Å²) in [5.74, 6) is -2.42. The molecule has 1 aliphatic carbocycles. The highest BCUT2D eigenvalue weighted by molar-refractivity contribution is 6.02. The molecule has 8 heteroatoms. The molecule has 3 aliphatic heterocycles. The summed E-state index contributed by atoms with van der Waals surface area (Å²) >= 11 is 0. The van der Waals surface area contributed by atoms with Gasteiger partial charge in [-0.1, -0.05) is 69.2 Å². The van der Waals surface area contributed by atoms with E-state index in [1.54, 1.807) is 36.4 Å². The fourth-order valence-corrected chi connectivity index (χ4v) is 7.24. The lowest BCUT2D eigenvalue weighted by Gasteiger charge is -2.38. The summed E-state index contributed by atoms with van der Waals surface area (Å²) in [7, 11) is 0. The maximum absolute atomic E-state index is 14.8. The van der Waals surface area contributed by atoms with Gasteiger partial charge < -0.3 is 20.3 Å². The smallest absolute Gasteiger partial charge is 0.246 e. The monoisotopic (exact) mass is 545 g/mol. The molecule has 8 atom stereocenters. The van der Waals surface area contributed by atoms with Crippen molar-refractivity contribution >= 4 is 23.4 Å². The van der Waals surface area contributed by atoms with E-state index in [1.807, 2.05) is 25.1 Å². The van der Waals surface area contributed by atoms with E-state index in [1.165, 1.54) is 11.0 Å². The molecule has 3 amide bonds. The second kappa shape index (κ2) is 10.1. The summed E-state index contributed by atoms with van der Waals surface area (Å²) < 4.78 is 21.2. The van der Waals surface area contributed by atoms with Crippen LogP contribution in [-0.4, -0.2) is 46.4 Å². The summed E-state index contributed by atoms with van der Waals surface area (Å²) in [6, 6.07) is 12.7. The zero-order chi connectivity index (χ0) is 28.2. The molecule has 2 aromatic rings. The third kappa shape index (κ3) is 4.33. The normalized spacial score (nSPS) is 34.1. The number of benzene rings is 2. The minimum Gasteiger partial charge on any atom is -0.359 e.